The first-order chi connectivity index (χ1) is 12.3. The summed E-state index contributed by atoms with van der Waals surface area (Å²) in [5, 5.41) is 1.45. The fraction of sp³-hybridized carbons (Fsp3) is 0.667. The van der Waals surface area contributed by atoms with Gasteiger partial charge in [0.1, 0.15) is 0 Å². The highest BCUT2D eigenvalue weighted by atomic mass is 28.4. The van der Waals surface area contributed by atoms with E-state index in [1.54, 1.807) is 0 Å². The van der Waals surface area contributed by atoms with Crippen LogP contribution in [0.1, 0.15) is 47.1 Å². The predicted octanol–water partition coefficient (Wildman–Crippen LogP) is 4.14. The van der Waals surface area contributed by atoms with E-state index in [0.717, 1.165) is 12.0 Å². The fourth-order valence-corrected chi connectivity index (χ4v) is 3.93. The van der Waals surface area contributed by atoms with Crippen molar-refractivity contribution in [1.29, 1.82) is 0 Å². The van der Waals surface area contributed by atoms with Crippen LogP contribution in [-0.4, -0.2) is 44.1 Å². The van der Waals surface area contributed by atoms with Crippen LogP contribution < -0.4 is 5.73 Å². The van der Waals surface area contributed by atoms with Crippen molar-refractivity contribution in [2.45, 2.75) is 83.8 Å². The van der Waals surface area contributed by atoms with Gasteiger partial charge >= 0.3 is 0 Å². The number of carbonyl (C=O) groups excluding carboxylic acids is 1. The molecule has 2 N–H and O–H groups in total. The topological polar surface area (TPSA) is 64.8 Å². The molecule has 0 saturated carbocycles. The first-order valence-electron chi connectivity index (χ1n) is 9.65. The molecule has 0 saturated heterocycles. The van der Waals surface area contributed by atoms with Crippen LogP contribution in [0.25, 0.3) is 0 Å². The van der Waals surface area contributed by atoms with Gasteiger partial charge in [-0.1, -0.05) is 51.1 Å². The SMILES string of the molecule is CC(C)(C)ON(C=O)C(Cc1ccccc1)C(CN)O[Si](C)(C)C(C)(C)C. The molecule has 0 aliphatic rings. The molecule has 0 fully saturated rings. The van der Waals surface area contributed by atoms with Crippen LogP contribution in [0.3, 0.4) is 0 Å². The van der Waals surface area contributed by atoms with Crippen LogP contribution in [0.4, 0.5) is 0 Å². The van der Waals surface area contributed by atoms with E-state index in [9.17, 15) is 4.79 Å². The van der Waals surface area contributed by atoms with E-state index in [1.165, 1.54) is 5.06 Å². The number of amides is 1. The number of hydroxylamine groups is 2. The molecular formula is C21H38N2O3Si. The first kappa shape index (κ1) is 23.8. The second-order valence-electron chi connectivity index (χ2n) is 9.58. The van der Waals surface area contributed by atoms with Crippen molar-refractivity contribution >= 4 is 14.7 Å². The minimum atomic E-state index is -2.06. The van der Waals surface area contributed by atoms with E-state index in [1.807, 2.05) is 51.1 Å². The Morgan fingerprint density at radius 3 is 2.07 bits per heavy atom. The minimum Gasteiger partial charge on any atom is -0.410 e. The van der Waals surface area contributed by atoms with Gasteiger partial charge in [-0.3, -0.25) is 9.63 Å². The van der Waals surface area contributed by atoms with Crippen molar-refractivity contribution in [3.63, 3.8) is 0 Å². The van der Waals surface area contributed by atoms with E-state index in [2.05, 4.69) is 33.9 Å². The molecule has 0 radical (unpaired) electrons. The Labute approximate surface area is 166 Å². The molecule has 0 spiro atoms. The summed E-state index contributed by atoms with van der Waals surface area (Å²) in [5.41, 5.74) is 6.75. The number of nitrogens with zero attached hydrogens (tertiary/aromatic N) is 1. The minimum absolute atomic E-state index is 0.0502. The molecule has 27 heavy (non-hydrogen) atoms. The zero-order chi connectivity index (χ0) is 20.9. The van der Waals surface area contributed by atoms with Gasteiger partial charge < -0.3 is 10.2 Å². The molecular weight excluding hydrogens is 356 g/mol. The lowest BCUT2D eigenvalue weighted by Crippen LogP contribution is -2.55. The van der Waals surface area contributed by atoms with Gasteiger partial charge in [0.05, 0.1) is 17.7 Å². The van der Waals surface area contributed by atoms with Crippen molar-refractivity contribution in [3.05, 3.63) is 35.9 Å². The molecule has 0 bridgehead atoms. The summed E-state index contributed by atoms with van der Waals surface area (Å²) in [6.45, 7) is 17.1. The zero-order valence-electron chi connectivity index (χ0n) is 18.3. The molecule has 154 valence electrons. The number of carbonyl (C=O) groups is 1. The highest BCUT2D eigenvalue weighted by molar-refractivity contribution is 6.74. The van der Waals surface area contributed by atoms with E-state index in [-0.39, 0.29) is 17.2 Å². The van der Waals surface area contributed by atoms with Gasteiger partial charge in [-0.2, -0.15) is 0 Å². The van der Waals surface area contributed by atoms with Gasteiger partial charge in [0.25, 0.3) is 0 Å². The molecule has 0 aromatic heterocycles. The molecule has 2 unspecified atom stereocenters. The summed E-state index contributed by atoms with van der Waals surface area (Å²) < 4.78 is 6.62. The van der Waals surface area contributed by atoms with Gasteiger partial charge in [0, 0.05) is 6.54 Å². The molecule has 2 atom stereocenters. The van der Waals surface area contributed by atoms with Crippen molar-refractivity contribution in [1.82, 2.24) is 5.06 Å². The molecule has 0 aliphatic carbocycles. The van der Waals surface area contributed by atoms with Crippen LogP contribution >= 0.6 is 0 Å². The van der Waals surface area contributed by atoms with Crippen LogP contribution in [-0.2, 0) is 20.5 Å². The monoisotopic (exact) mass is 394 g/mol. The third-order valence-corrected chi connectivity index (χ3v) is 9.52. The highest BCUT2D eigenvalue weighted by Crippen LogP contribution is 2.38. The maximum absolute atomic E-state index is 11.9. The Morgan fingerprint density at radius 1 is 1.11 bits per heavy atom. The van der Waals surface area contributed by atoms with Gasteiger partial charge in [0.2, 0.25) is 6.41 Å². The summed E-state index contributed by atoms with van der Waals surface area (Å²) in [5.74, 6) is 0. The average Bonchev–Trinajstić information content (AvgIpc) is 2.55. The molecule has 6 heteroatoms. The van der Waals surface area contributed by atoms with Gasteiger partial charge in [-0.05, 0) is 50.9 Å². The lowest BCUT2D eigenvalue weighted by molar-refractivity contribution is -0.241. The van der Waals surface area contributed by atoms with Crippen molar-refractivity contribution in [2.75, 3.05) is 6.54 Å². The summed E-state index contributed by atoms with van der Waals surface area (Å²) in [6, 6.07) is 9.76. The Kier molecular flexibility index (Phi) is 8.23. The normalized spacial score (nSPS) is 15.3. The molecule has 5 nitrogen and oxygen atoms in total. The lowest BCUT2D eigenvalue weighted by Gasteiger charge is -2.43. The summed E-state index contributed by atoms with van der Waals surface area (Å²) in [6.07, 6.45) is 1.06. The molecule has 1 amide bonds. The zero-order valence-corrected chi connectivity index (χ0v) is 19.3. The summed E-state index contributed by atoms with van der Waals surface area (Å²) in [4.78, 5) is 17.9. The average molecular weight is 395 g/mol. The van der Waals surface area contributed by atoms with Crippen molar-refractivity contribution < 1.29 is 14.1 Å². The number of hydrogen-bond donors (Lipinski definition) is 1. The van der Waals surface area contributed by atoms with Gasteiger partial charge in [-0.25, -0.2) is 5.06 Å². The highest BCUT2D eigenvalue weighted by Gasteiger charge is 2.42. The maximum Gasteiger partial charge on any atom is 0.233 e. The Balaban J connectivity index is 3.21. The largest absolute Gasteiger partial charge is 0.410 e. The quantitative estimate of drug-likeness (QED) is 0.388. The standard InChI is InChI=1S/C21H38N2O3Si/c1-20(2,3)26-23(16-24)18(14-17-12-10-9-11-13-17)19(15-22)25-27(7,8)21(4,5)6/h9-13,16,18-19H,14-15,22H2,1-8H3. The second kappa shape index (κ2) is 9.32. The summed E-state index contributed by atoms with van der Waals surface area (Å²) in [7, 11) is -2.06. The van der Waals surface area contributed by atoms with E-state index < -0.39 is 13.9 Å². The smallest absolute Gasteiger partial charge is 0.233 e. The molecule has 0 heterocycles. The second-order valence-corrected chi connectivity index (χ2v) is 14.3. The van der Waals surface area contributed by atoms with E-state index in [0.29, 0.717) is 13.0 Å². The number of nitrogens with two attached hydrogens (primary N) is 1. The number of rotatable bonds is 9. The molecule has 1 rings (SSSR count). The molecule has 0 aliphatic heterocycles. The first-order valence-corrected chi connectivity index (χ1v) is 12.6. The van der Waals surface area contributed by atoms with Gasteiger partial charge in [-0.15, -0.1) is 0 Å². The van der Waals surface area contributed by atoms with Crippen molar-refractivity contribution in [3.8, 4) is 0 Å². The maximum atomic E-state index is 11.9. The van der Waals surface area contributed by atoms with E-state index >= 15 is 0 Å². The van der Waals surface area contributed by atoms with E-state index in [4.69, 9.17) is 15.0 Å². The van der Waals surface area contributed by atoms with Crippen LogP contribution in [0, 0.1) is 0 Å². The Hall–Kier alpha value is -1.21. The predicted molar refractivity (Wildman–Crippen MR) is 114 cm³/mol. The summed E-state index contributed by atoms with van der Waals surface area (Å²) >= 11 is 0. The fourth-order valence-electron chi connectivity index (χ4n) is 2.56. The third-order valence-electron chi connectivity index (χ3n) is 5.01. The lowest BCUT2D eigenvalue weighted by atomic mass is 10.0. The molecule has 1 aromatic carbocycles. The van der Waals surface area contributed by atoms with Crippen LogP contribution in [0.5, 0.6) is 0 Å². The van der Waals surface area contributed by atoms with Crippen LogP contribution in [0.15, 0.2) is 30.3 Å². The number of hydrogen-bond acceptors (Lipinski definition) is 4. The number of benzene rings is 1. The van der Waals surface area contributed by atoms with Crippen molar-refractivity contribution in [2.24, 2.45) is 5.73 Å². The Morgan fingerprint density at radius 2 is 1.67 bits per heavy atom. The Bertz CT molecular complexity index is 579. The van der Waals surface area contributed by atoms with Gasteiger partial charge in [0.15, 0.2) is 8.32 Å². The van der Waals surface area contributed by atoms with Crippen LogP contribution in [0.2, 0.25) is 18.1 Å². The third kappa shape index (κ3) is 7.37. The molecule has 1 aromatic rings.